The Labute approximate surface area is 218 Å². The molecule has 2 aromatic carbocycles. The summed E-state index contributed by atoms with van der Waals surface area (Å²) >= 11 is 0. The molecule has 2 bridgehead atoms. The van der Waals surface area contributed by atoms with Crippen molar-refractivity contribution in [2.75, 3.05) is 33.3 Å². The zero-order valence-electron chi connectivity index (χ0n) is 21.4. The van der Waals surface area contributed by atoms with Crippen LogP contribution >= 0.6 is 0 Å². The number of piperazine rings is 1. The van der Waals surface area contributed by atoms with Crippen LogP contribution in [0.1, 0.15) is 44.5 Å². The molecule has 4 unspecified atom stereocenters. The van der Waals surface area contributed by atoms with Gasteiger partial charge in [-0.15, -0.1) is 0 Å². The van der Waals surface area contributed by atoms with E-state index >= 15 is 0 Å². The lowest BCUT2D eigenvalue weighted by molar-refractivity contribution is 0.128. The number of benzene rings is 2. The minimum Gasteiger partial charge on any atom is -0.497 e. The minimum absolute atomic E-state index is 0.0576. The second kappa shape index (κ2) is 9.85. The predicted molar refractivity (Wildman–Crippen MR) is 141 cm³/mol. The smallest absolute Gasteiger partial charge is 0.243 e. The van der Waals surface area contributed by atoms with Gasteiger partial charge in [0, 0.05) is 26.2 Å². The van der Waals surface area contributed by atoms with Crippen molar-refractivity contribution in [1.29, 1.82) is 0 Å². The Morgan fingerprint density at radius 1 is 0.946 bits per heavy atom. The number of methoxy groups -OCH3 is 1. The molecule has 1 aliphatic heterocycles. The normalized spacial score (nSPS) is 25.4. The molecule has 4 atom stereocenters. The van der Waals surface area contributed by atoms with Gasteiger partial charge in [0.25, 0.3) is 0 Å². The molecule has 1 saturated heterocycles. The molecule has 3 aromatic rings. The maximum Gasteiger partial charge on any atom is 0.243 e. The highest BCUT2D eigenvalue weighted by Crippen LogP contribution is 2.46. The van der Waals surface area contributed by atoms with Crippen molar-refractivity contribution in [3.63, 3.8) is 0 Å². The van der Waals surface area contributed by atoms with Gasteiger partial charge in [0.2, 0.25) is 15.9 Å². The zero-order chi connectivity index (χ0) is 25.6. The Bertz CT molecular complexity index is 1370. The Morgan fingerprint density at radius 3 is 2.38 bits per heavy atom. The Balaban J connectivity index is 1.18. The summed E-state index contributed by atoms with van der Waals surface area (Å²) in [5.41, 5.74) is 0.887. The number of nitrogens with zero attached hydrogens (tertiary/aromatic N) is 4. The number of fused-ring (bicyclic) bond motifs is 3. The molecule has 3 fully saturated rings. The highest BCUT2D eigenvalue weighted by Gasteiger charge is 2.41. The van der Waals surface area contributed by atoms with E-state index in [0.717, 1.165) is 29.1 Å². The fraction of sp³-hybridized carbons (Fsp3) is 0.500. The van der Waals surface area contributed by atoms with Crippen LogP contribution in [0.2, 0.25) is 0 Å². The van der Waals surface area contributed by atoms with Gasteiger partial charge in [-0.1, -0.05) is 12.1 Å². The highest BCUT2D eigenvalue weighted by atomic mass is 32.2. The van der Waals surface area contributed by atoms with E-state index in [1.807, 2.05) is 24.3 Å². The summed E-state index contributed by atoms with van der Waals surface area (Å²) in [7, 11) is -1.99. The third kappa shape index (κ3) is 4.69. The molecule has 196 valence electrons. The summed E-state index contributed by atoms with van der Waals surface area (Å²) in [4.78, 5) is 12.4. The molecule has 9 heteroatoms. The minimum atomic E-state index is -3.55. The van der Waals surface area contributed by atoms with Crippen LogP contribution in [-0.4, -0.2) is 67.0 Å². The fourth-order valence-electron chi connectivity index (χ4n) is 6.21. The van der Waals surface area contributed by atoms with Gasteiger partial charge in [-0.05, 0) is 80.8 Å². The van der Waals surface area contributed by atoms with Crippen LogP contribution in [0, 0.1) is 11.8 Å². The number of aromatic nitrogens is 2. The Kier molecular flexibility index (Phi) is 6.54. The average molecular weight is 523 g/mol. The molecular formula is C28H34N4O4S. The van der Waals surface area contributed by atoms with Crippen LogP contribution in [0.15, 0.2) is 53.4 Å². The largest absolute Gasteiger partial charge is 0.497 e. The first-order valence-electron chi connectivity index (χ1n) is 13.2. The van der Waals surface area contributed by atoms with Gasteiger partial charge in [-0.3, -0.25) is 4.90 Å². The summed E-state index contributed by atoms with van der Waals surface area (Å²) in [6.07, 6.45) is 5.23. The molecule has 2 heterocycles. The number of rotatable bonds is 7. The van der Waals surface area contributed by atoms with Gasteiger partial charge in [0.15, 0.2) is 0 Å². The Morgan fingerprint density at radius 2 is 1.70 bits per heavy atom. The molecule has 0 amide bonds. The maximum atomic E-state index is 13.2. The number of hydrogen-bond donors (Lipinski definition) is 0. The van der Waals surface area contributed by atoms with Crippen LogP contribution in [-0.2, 0) is 10.0 Å². The third-order valence-electron chi connectivity index (χ3n) is 8.41. The summed E-state index contributed by atoms with van der Waals surface area (Å²) in [5.74, 6) is 3.48. The van der Waals surface area contributed by atoms with Gasteiger partial charge < -0.3 is 9.47 Å². The lowest BCUT2D eigenvalue weighted by Gasteiger charge is -2.37. The van der Waals surface area contributed by atoms with E-state index in [1.54, 1.807) is 35.7 Å². The van der Waals surface area contributed by atoms with Crippen molar-refractivity contribution in [3.05, 3.63) is 54.4 Å². The summed E-state index contributed by atoms with van der Waals surface area (Å²) in [6.45, 7) is 4.14. The number of ether oxygens (including phenoxy) is 2. The van der Waals surface area contributed by atoms with Gasteiger partial charge >= 0.3 is 0 Å². The van der Waals surface area contributed by atoms with E-state index in [4.69, 9.17) is 19.4 Å². The van der Waals surface area contributed by atoms with Gasteiger partial charge in [0.1, 0.15) is 17.7 Å². The average Bonchev–Trinajstić information content (AvgIpc) is 3.56. The topological polar surface area (TPSA) is 84.9 Å². The Hall–Kier alpha value is -2.75. The van der Waals surface area contributed by atoms with Crippen molar-refractivity contribution >= 4 is 20.9 Å². The van der Waals surface area contributed by atoms with Crippen LogP contribution in [0.4, 0.5) is 0 Å². The van der Waals surface area contributed by atoms with E-state index in [1.165, 1.54) is 19.3 Å². The molecule has 2 saturated carbocycles. The first kappa shape index (κ1) is 24.6. The third-order valence-corrected chi connectivity index (χ3v) is 10.3. The van der Waals surface area contributed by atoms with E-state index in [0.29, 0.717) is 43.7 Å². The van der Waals surface area contributed by atoms with Gasteiger partial charge in [-0.25, -0.2) is 13.4 Å². The monoisotopic (exact) mass is 522 g/mol. The number of hydrogen-bond acceptors (Lipinski definition) is 7. The molecule has 37 heavy (non-hydrogen) atoms. The van der Waals surface area contributed by atoms with E-state index in [-0.39, 0.29) is 17.0 Å². The molecular weight excluding hydrogens is 488 g/mol. The van der Waals surface area contributed by atoms with Crippen molar-refractivity contribution in [3.8, 4) is 11.6 Å². The van der Waals surface area contributed by atoms with Crippen molar-refractivity contribution in [1.82, 2.24) is 19.2 Å². The summed E-state index contributed by atoms with van der Waals surface area (Å²) in [5, 5.41) is 0.955. The molecule has 0 spiro atoms. The quantitative estimate of drug-likeness (QED) is 0.458. The maximum absolute atomic E-state index is 13.2. The molecule has 0 N–H and O–H groups in total. The van der Waals surface area contributed by atoms with Crippen LogP contribution in [0.5, 0.6) is 11.6 Å². The first-order chi connectivity index (χ1) is 17.9. The second-order valence-electron chi connectivity index (χ2n) is 10.5. The molecule has 0 radical (unpaired) electrons. The van der Waals surface area contributed by atoms with Crippen LogP contribution < -0.4 is 9.47 Å². The van der Waals surface area contributed by atoms with Crippen LogP contribution in [0.3, 0.4) is 0 Å². The molecule has 6 rings (SSSR count). The number of para-hydroxylation sites is 1. The van der Waals surface area contributed by atoms with E-state index in [9.17, 15) is 8.42 Å². The molecule has 8 nitrogen and oxygen atoms in total. The molecule has 1 aromatic heterocycles. The standard InChI is InChI=1S/C28H34N4O4S/c1-19(31-13-15-32(16-14-31)37(33,34)23-11-9-22(35-2)10-12-23)27-29-25-6-4-3-5-24(25)28(30-27)36-26-18-20-7-8-21(26)17-20/h3-6,9-12,19-21,26H,7-8,13-18H2,1-2H3. The summed E-state index contributed by atoms with van der Waals surface area (Å²) in [6, 6.07) is 14.6. The molecule has 3 aliphatic rings. The van der Waals surface area contributed by atoms with Crippen LogP contribution in [0.25, 0.3) is 10.9 Å². The lowest BCUT2D eigenvalue weighted by Crippen LogP contribution is -2.49. The molecule has 2 aliphatic carbocycles. The summed E-state index contributed by atoms with van der Waals surface area (Å²) < 4.78 is 39.6. The fourth-order valence-corrected chi connectivity index (χ4v) is 7.63. The predicted octanol–water partition coefficient (Wildman–Crippen LogP) is 4.27. The van der Waals surface area contributed by atoms with E-state index < -0.39 is 10.0 Å². The SMILES string of the molecule is COc1ccc(S(=O)(=O)N2CCN(C(C)c3nc(OC4CC5CCC4C5)c4ccccc4n3)CC2)cc1. The first-order valence-corrected chi connectivity index (χ1v) is 14.7. The number of sulfonamides is 1. The van der Waals surface area contributed by atoms with Gasteiger partial charge in [-0.2, -0.15) is 9.29 Å². The lowest BCUT2D eigenvalue weighted by atomic mass is 9.98. The second-order valence-corrected chi connectivity index (χ2v) is 12.5. The van der Waals surface area contributed by atoms with E-state index in [2.05, 4.69) is 11.8 Å². The zero-order valence-corrected chi connectivity index (χ0v) is 22.2. The van der Waals surface area contributed by atoms with Gasteiger partial charge in [0.05, 0.1) is 29.0 Å². The van der Waals surface area contributed by atoms with Crippen molar-refractivity contribution in [2.45, 2.75) is 49.6 Å². The van der Waals surface area contributed by atoms with Crippen molar-refractivity contribution < 1.29 is 17.9 Å². The van der Waals surface area contributed by atoms with Crippen molar-refractivity contribution in [2.24, 2.45) is 11.8 Å². The highest BCUT2D eigenvalue weighted by molar-refractivity contribution is 7.89.